The van der Waals surface area contributed by atoms with E-state index in [0.29, 0.717) is 5.75 Å². The Labute approximate surface area is 129 Å². The van der Waals surface area contributed by atoms with Gasteiger partial charge in [-0.25, -0.2) is 4.79 Å². The van der Waals surface area contributed by atoms with Gasteiger partial charge in [0.05, 0.1) is 0 Å². The molecule has 0 bridgehead atoms. The van der Waals surface area contributed by atoms with Gasteiger partial charge < -0.3 is 5.11 Å². The zero-order chi connectivity index (χ0) is 15.5. The molecule has 1 N–H and O–H groups in total. The van der Waals surface area contributed by atoms with Gasteiger partial charge in [-0.15, -0.1) is 0 Å². The third kappa shape index (κ3) is 4.36. The van der Waals surface area contributed by atoms with Crippen LogP contribution in [0.3, 0.4) is 0 Å². The van der Waals surface area contributed by atoms with Crippen LogP contribution in [0.15, 0.2) is 48.5 Å². The van der Waals surface area contributed by atoms with E-state index in [4.69, 9.17) is 5.11 Å². The number of carboxylic acid groups (broad SMARTS) is 1. The van der Waals surface area contributed by atoms with Crippen molar-refractivity contribution >= 4 is 34.1 Å². The molecule has 2 nitrogen and oxygen atoms in total. The van der Waals surface area contributed by atoms with Crippen molar-refractivity contribution < 1.29 is 9.90 Å². The number of carboxylic acids is 1. The molecule has 2 rings (SSSR count). The predicted molar refractivity (Wildman–Crippen MR) is 91.8 cm³/mol. The van der Waals surface area contributed by atoms with Crippen LogP contribution in [0.2, 0.25) is 0 Å². The summed E-state index contributed by atoms with van der Waals surface area (Å²) in [4.78, 5) is 11.2. The summed E-state index contributed by atoms with van der Waals surface area (Å²) in [6.45, 7) is 6.41. The van der Waals surface area contributed by atoms with Crippen LogP contribution >= 0.6 is 11.8 Å². The molecule has 0 radical (unpaired) electrons. The lowest BCUT2D eigenvalue weighted by atomic mass is 9.99. The van der Waals surface area contributed by atoms with E-state index in [1.165, 1.54) is 6.08 Å². The molecule has 21 heavy (non-hydrogen) atoms. The molecular formula is C18H20O2S. The van der Waals surface area contributed by atoms with E-state index in [1.807, 2.05) is 42.5 Å². The smallest absolute Gasteiger partial charge is 0.328 e. The average Bonchev–Trinajstić information content (AvgIpc) is 2.41. The highest BCUT2D eigenvalue weighted by Crippen LogP contribution is 2.32. The third-order valence-electron chi connectivity index (χ3n) is 3.09. The minimum absolute atomic E-state index is 0.0994. The van der Waals surface area contributed by atoms with E-state index < -0.39 is 5.97 Å². The van der Waals surface area contributed by atoms with Gasteiger partial charge in [0.1, 0.15) is 0 Å². The molecular weight excluding hydrogens is 280 g/mol. The maximum absolute atomic E-state index is 11.2. The van der Waals surface area contributed by atoms with Crippen LogP contribution in [0.5, 0.6) is 0 Å². The van der Waals surface area contributed by atoms with E-state index in [1.54, 1.807) is 11.8 Å². The molecule has 0 amide bonds. The van der Waals surface area contributed by atoms with Gasteiger partial charge in [0.25, 0.3) is 0 Å². The van der Waals surface area contributed by atoms with Crippen molar-refractivity contribution in [2.45, 2.75) is 25.5 Å². The van der Waals surface area contributed by atoms with Crippen molar-refractivity contribution in [1.29, 1.82) is 0 Å². The van der Waals surface area contributed by atoms with E-state index in [9.17, 15) is 4.79 Å². The van der Waals surface area contributed by atoms with Gasteiger partial charge in [-0.3, -0.25) is 0 Å². The summed E-state index contributed by atoms with van der Waals surface area (Å²) in [5, 5.41) is 11.4. The molecule has 0 aliphatic rings. The molecule has 3 heteroatoms. The Kier molecular flexibility index (Phi) is 4.73. The van der Waals surface area contributed by atoms with E-state index in [0.717, 1.165) is 21.9 Å². The van der Waals surface area contributed by atoms with Gasteiger partial charge in [-0.05, 0) is 21.9 Å². The standard InChI is InChI=1S/C18H20O2S/c1-18(2,3)21-12-14(11-17(19)20)16-10-6-8-13-7-4-5-9-15(13)16/h4-11H,12H2,1-3H3,(H,19,20). The molecule has 0 aliphatic heterocycles. The fourth-order valence-electron chi connectivity index (χ4n) is 2.15. The highest BCUT2D eigenvalue weighted by atomic mass is 32.2. The van der Waals surface area contributed by atoms with Crippen LogP contribution in [-0.4, -0.2) is 21.6 Å². The number of hydrogen-bond donors (Lipinski definition) is 1. The Morgan fingerprint density at radius 1 is 1.14 bits per heavy atom. The molecule has 0 saturated heterocycles. The fraction of sp³-hybridized carbons (Fsp3) is 0.278. The molecule has 0 aromatic heterocycles. The summed E-state index contributed by atoms with van der Waals surface area (Å²) in [5.74, 6) is -0.212. The summed E-state index contributed by atoms with van der Waals surface area (Å²) >= 11 is 1.76. The van der Waals surface area contributed by atoms with Gasteiger partial charge in [0.15, 0.2) is 0 Å². The Morgan fingerprint density at radius 3 is 2.48 bits per heavy atom. The number of benzene rings is 2. The molecule has 2 aromatic carbocycles. The van der Waals surface area contributed by atoms with Crippen molar-refractivity contribution in [3.05, 3.63) is 54.1 Å². The molecule has 2 aromatic rings. The van der Waals surface area contributed by atoms with Crippen molar-refractivity contribution in [1.82, 2.24) is 0 Å². The number of aliphatic carboxylic acids is 1. The van der Waals surface area contributed by atoms with Crippen molar-refractivity contribution in [2.24, 2.45) is 0 Å². The largest absolute Gasteiger partial charge is 0.478 e. The summed E-state index contributed by atoms with van der Waals surface area (Å²) in [6.07, 6.45) is 1.33. The topological polar surface area (TPSA) is 37.3 Å². The zero-order valence-corrected chi connectivity index (χ0v) is 13.4. The lowest BCUT2D eigenvalue weighted by Crippen LogP contribution is -2.09. The van der Waals surface area contributed by atoms with Crippen LogP contribution in [0.4, 0.5) is 0 Å². The Bertz CT molecular complexity index is 676. The summed E-state index contributed by atoms with van der Waals surface area (Å²) in [6, 6.07) is 14.1. The van der Waals surface area contributed by atoms with Gasteiger partial charge in [0, 0.05) is 16.6 Å². The van der Waals surface area contributed by atoms with E-state index in [-0.39, 0.29) is 4.75 Å². The molecule has 110 valence electrons. The van der Waals surface area contributed by atoms with E-state index in [2.05, 4.69) is 20.8 Å². The summed E-state index contributed by atoms with van der Waals surface area (Å²) < 4.78 is 0.0994. The van der Waals surface area contributed by atoms with Crippen molar-refractivity contribution in [2.75, 3.05) is 5.75 Å². The minimum Gasteiger partial charge on any atom is -0.478 e. The number of hydrogen-bond acceptors (Lipinski definition) is 2. The quantitative estimate of drug-likeness (QED) is 0.821. The Morgan fingerprint density at radius 2 is 1.81 bits per heavy atom. The van der Waals surface area contributed by atoms with Crippen LogP contribution < -0.4 is 0 Å². The van der Waals surface area contributed by atoms with Gasteiger partial charge in [-0.2, -0.15) is 11.8 Å². The second-order valence-electron chi connectivity index (χ2n) is 5.94. The first-order valence-electron chi connectivity index (χ1n) is 6.92. The van der Waals surface area contributed by atoms with Crippen molar-refractivity contribution in [3.8, 4) is 0 Å². The van der Waals surface area contributed by atoms with Crippen LogP contribution in [-0.2, 0) is 4.79 Å². The van der Waals surface area contributed by atoms with E-state index >= 15 is 0 Å². The lowest BCUT2D eigenvalue weighted by molar-refractivity contribution is -0.131. The normalized spacial score (nSPS) is 12.6. The van der Waals surface area contributed by atoms with Crippen LogP contribution in [0.1, 0.15) is 26.3 Å². The monoisotopic (exact) mass is 300 g/mol. The average molecular weight is 300 g/mol. The van der Waals surface area contributed by atoms with Crippen LogP contribution in [0, 0.1) is 0 Å². The van der Waals surface area contributed by atoms with Gasteiger partial charge in [-0.1, -0.05) is 63.2 Å². The number of carbonyl (C=O) groups is 1. The van der Waals surface area contributed by atoms with Gasteiger partial charge >= 0.3 is 5.97 Å². The molecule has 0 aliphatic carbocycles. The number of rotatable bonds is 4. The second kappa shape index (κ2) is 6.35. The fourth-order valence-corrected chi connectivity index (χ4v) is 2.97. The zero-order valence-electron chi connectivity index (χ0n) is 12.6. The Balaban J connectivity index is 2.47. The minimum atomic E-state index is -0.896. The molecule has 0 spiro atoms. The first-order valence-corrected chi connectivity index (χ1v) is 7.91. The van der Waals surface area contributed by atoms with Crippen molar-refractivity contribution in [3.63, 3.8) is 0 Å². The third-order valence-corrected chi connectivity index (χ3v) is 4.42. The molecule has 0 fully saturated rings. The lowest BCUT2D eigenvalue weighted by Gasteiger charge is -2.19. The Hall–Kier alpha value is -1.74. The number of fused-ring (bicyclic) bond motifs is 1. The maximum atomic E-state index is 11.2. The summed E-state index contributed by atoms with van der Waals surface area (Å²) in [5.41, 5.74) is 1.87. The number of thioether (sulfide) groups is 1. The molecule has 0 unspecified atom stereocenters. The molecule has 0 saturated carbocycles. The molecule has 0 atom stereocenters. The highest BCUT2D eigenvalue weighted by molar-refractivity contribution is 8.01. The first-order chi connectivity index (χ1) is 9.87. The maximum Gasteiger partial charge on any atom is 0.328 e. The second-order valence-corrected chi connectivity index (χ2v) is 7.74. The van der Waals surface area contributed by atoms with Gasteiger partial charge in [0.2, 0.25) is 0 Å². The summed E-state index contributed by atoms with van der Waals surface area (Å²) in [7, 11) is 0. The molecule has 0 heterocycles. The van der Waals surface area contributed by atoms with Crippen LogP contribution in [0.25, 0.3) is 16.3 Å². The highest BCUT2D eigenvalue weighted by Gasteiger charge is 2.14. The first kappa shape index (κ1) is 15.6. The SMILES string of the molecule is CC(C)(C)SCC(=CC(=O)O)c1cccc2ccccc12. The predicted octanol–water partition coefficient (Wildman–Crippen LogP) is 4.84.